The number of aryl methyl sites for hydroxylation is 1. The van der Waals surface area contributed by atoms with Crippen molar-refractivity contribution < 1.29 is 13.6 Å². The van der Waals surface area contributed by atoms with E-state index in [-0.39, 0.29) is 16.9 Å². The summed E-state index contributed by atoms with van der Waals surface area (Å²) in [6, 6.07) is 5.08. The number of fused-ring (bicyclic) bond motifs is 1. The summed E-state index contributed by atoms with van der Waals surface area (Å²) in [6.07, 6.45) is 8.24. The van der Waals surface area contributed by atoms with Gasteiger partial charge >= 0.3 is 0 Å². The second kappa shape index (κ2) is 8.10. The summed E-state index contributed by atoms with van der Waals surface area (Å²) in [6.45, 7) is 4.16. The van der Waals surface area contributed by atoms with E-state index in [4.69, 9.17) is 0 Å². The molecule has 0 atom stereocenters. The Morgan fingerprint density at radius 2 is 2.00 bits per heavy atom. The van der Waals surface area contributed by atoms with Gasteiger partial charge in [0.05, 0.1) is 11.2 Å². The summed E-state index contributed by atoms with van der Waals surface area (Å²) in [4.78, 5) is 28.4. The van der Waals surface area contributed by atoms with Gasteiger partial charge < -0.3 is 4.98 Å². The van der Waals surface area contributed by atoms with Crippen molar-refractivity contribution >= 4 is 16.8 Å². The number of nitrogens with zero attached hydrogens (tertiary/aromatic N) is 3. The third-order valence-corrected chi connectivity index (χ3v) is 5.14. The molecule has 4 rings (SSSR count). The van der Waals surface area contributed by atoms with Crippen LogP contribution in [0.25, 0.3) is 22.3 Å². The maximum absolute atomic E-state index is 13.9. The molecule has 4 aromatic rings. The lowest BCUT2D eigenvalue weighted by Gasteiger charge is -2.10. The van der Waals surface area contributed by atoms with Gasteiger partial charge in [0.15, 0.2) is 11.6 Å². The first-order valence-electron chi connectivity index (χ1n) is 9.77. The number of imidazole rings is 1. The molecule has 1 N–H and O–H groups in total. The zero-order valence-corrected chi connectivity index (χ0v) is 16.7. The van der Waals surface area contributed by atoms with Crippen LogP contribution in [0.1, 0.15) is 47.1 Å². The summed E-state index contributed by atoms with van der Waals surface area (Å²) >= 11 is 0. The van der Waals surface area contributed by atoms with Crippen molar-refractivity contribution in [3.05, 3.63) is 77.0 Å². The molecule has 0 aliphatic rings. The van der Waals surface area contributed by atoms with Gasteiger partial charge in [-0.2, -0.15) is 0 Å². The molecule has 30 heavy (non-hydrogen) atoms. The minimum absolute atomic E-state index is 0.0572. The molecule has 0 saturated heterocycles. The second-order valence-corrected chi connectivity index (χ2v) is 7.20. The van der Waals surface area contributed by atoms with Gasteiger partial charge in [0.1, 0.15) is 11.3 Å². The molecule has 7 heteroatoms. The number of unbranched alkanes of at least 4 members (excludes halogenated alkanes) is 1. The molecular weight excluding hydrogens is 386 g/mol. The maximum atomic E-state index is 13.9. The highest BCUT2D eigenvalue weighted by molar-refractivity contribution is 6.08. The predicted octanol–water partition coefficient (Wildman–Crippen LogP) is 5.18. The number of carbonyl (C=O) groups is 1. The molecule has 0 fully saturated rings. The lowest BCUT2D eigenvalue weighted by Crippen LogP contribution is -2.05. The van der Waals surface area contributed by atoms with Gasteiger partial charge in [0.2, 0.25) is 5.78 Å². The molecule has 0 spiro atoms. The minimum Gasteiger partial charge on any atom is -0.335 e. The summed E-state index contributed by atoms with van der Waals surface area (Å²) in [5.41, 5.74) is 4.12. The number of aromatic amines is 1. The number of pyridine rings is 2. The van der Waals surface area contributed by atoms with Crippen LogP contribution in [0.3, 0.4) is 0 Å². The highest BCUT2D eigenvalue weighted by Crippen LogP contribution is 2.26. The van der Waals surface area contributed by atoms with Gasteiger partial charge in [0, 0.05) is 35.8 Å². The van der Waals surface area contributed by atoms with E-state index in [9.17, 15) is 13.6 Å². The fraction of sp³-hybridized carbons (Fsp3) is 0.217. The Bertz CT molecular complexity index is 1250. The predicted molar refractivity (Wildman–Crippen MR) is 110 cm³/mol. The first-order chi connectivity index (χ1) is 14.5. The fourth-order valence-corrected chi connectivity index (χ4v) is 3.45. The average molecular weight is 406 g/mol. The molecule has 0 radical (unpaired) electrons. The Labute approximate surface area is 172 Å². The molecule has 0 unspecified atom stereocenters. The zero-order chi connectivity index (χ0) is 21.3. The van der Waals surface area contributed by atoms with Crippen LogP contribution >= 0.6 is 0 Å². The first-order valence-corrected chi connectivity index (χ1v) is 9.77. The van der Waals surface area contributed by atoms with Crippen LogP contribution in [-0.4, -0.2) is 25.7 Å². The molecule has 3 heterocycles. The third kappa shape index (κ3) is 3.70. The van der Waals surface area contributed by atoms with E-state index in [2.05, 4.69) is 26.9 Å². The normalized spacial score (nSPS) is 11.2. The van der Waals surface area contributed by atoms with Gasteiger partial charge in [-0.25, -0.2) is 13.8 Å². The number of carbonyl (C=O) groups excluding carboxylic acids is 1. The van der Waals surface area contributed by atoms with Crippen LogP contribution < -0.4 is 0 Å². The van der Waals surface area contributed by atoms with Gasteiger partial charge in [-0.1, -0.05) is 13.3 Å². The second-order valence-electron chi connectivity index (χ2n) is 7.20. The molecule has 1 aromatic carbocycles. The lowest BCUT2D eigenvalue weighted by atomic mass is 9.98. The molecule has 0 aliphatic carbocycles. The molecule has 5 nitrogen and oxygen atoms in total. The van der Waals surface area contributed by atoms with Crippen molar-refractivity contribution in [1.82, 2.24) is 19.9 Å². The smallest absolute Gasteiger partial charge is 0.228 e. The Balaban J connectivity index is 1.70. The Morgan fingerprint density at radius 3 is 2.80 bits per heavy atom. The zero-order valence-electron chi connectivity index (χ0n) is 16.7. The maximum Gasteiger partial charge on any atom is 0.228 e. The summed E-state index contributed by atoms with van der Waals surface area (Å²) in [5, 5.41) is 0. The summed E-state index contributed by atoms with van der Waals surface area (Å²) < 4.78 is 27.4. The van der Waals surface area contributed by atoms with E-state index >= 15 is 0 Å². The van der Waals surface area contributed by atoms with Crippen molar-refractivity contribution in [2.45, 2.75) is 33.1 Å². The summed E-state index contributed by atoms with van der Waals surface area (Å²) in [5.74, 6) is -2.04. The van der Waals surface area contributed by atoms with Crippen LogP contribution in [0.2, 0.25) is 0 Å². The third-order valence-electron chi connectivity index (χ3n) is 5.14. The van der Waals surface area contributed by atoms with Crippen LogP contribution in [0.5, 0.6) is 0 Å². The highest BCUT2D eigenvalue weighted by Gasteiger charge is 2.18. The number of benzene rings is 1. The molecule has 152 valence electrons. The molecular formula is C23H20F2N4O. The topological polar surface area (TPSA) is 71.5 Å². The van der Waals surface area contributed by atoms with Gasteiger partial charge in [-0.05, 0) is 49.1 Å². The lowest BCUT2D eigenvalue weighted by molar-refractivity contribution is 0.103. The molecule has 0 aliphatic heterocycles. The van der Waals surface area contributed by atoms with Gasteiger partial charge in [0.25, 0.3) is 0 Å². The number of hydrogen-bond donors (Lipinski definition) is 1. The number of aromatic nitrogens is 4. The molecule has 0 bridgehead atoms. The van der Waals surface area contributed by atoms with Gasteiger partial charge in [-0.3, -0.25) is 14.8 Å². The fourth-order valence-electron chi connectivity index (χ4n) is 3.45. The standard InChI is InChI=1S/C23H20F2N4O/c1-3-4-5-15-11-26-12-17(13(15)2)19-8-14(6-7-27-19)22(30)23-28-20-10-16(24)9-18(25)21(20)29-23/h6-12H,3-5H2,1-2H3,(H,28,29). The number of nitrogens with one attached hydrogen (secondary N) is 1. The van der Waals surface area contributed by atoms with E-state index in [1.165, 1.54) is 0 Å². The van der Waals surface area contributed by atoms with E-state index in [0.717, 1.165) is 48.1 Å². The molecule has 0 saturated carbocycles. The van der Waals surface area contributed by atoms with E-state index in [1.54, 1.807) is 24.5 Å². The van der Waals surface area contributed by atoms with E-state index in [0.29, 0.717) is 11.3 Å². The van der Waals surface area contributed by atoms with E-state index in [1.807, 2.05) is 13.1 Å². The number of ketones is 1. The van der Waals surface area contributed by atoms with Crippen molar-refractivity contribution in [3.63, 3.8) is 0 Å². The minimum atomic E-state index is -0.818. The molecule has 0 amide bonds. The molecule has 3 aromatic heterocycles. The SMILES string of the molecule is CCCCc1cncc(-c2cc(C(=O)c3nc4c(F)cc(F)cc4[nH]3)ccn2)c1C. The van der Waals surface area contributed by atoms with Crippen LogP contribution in [-0.2, 0) is 6.42 Å². The Kier molecular flexibility index (Phi) is 5.35. The van der Waals surface area contributed by atoms with Crippen LogP contribution in [0, 0.1) is 18.6 Å². The Hall–Kier alpha value is -3.48. The van der Waals surface area contributed by atoms with E-state index < -0.39 is 17.4 Å². The monoisotopic (exact) mass is 406 g/mol. The van der Waals surface area contributed by atoms with Crippen molar-refractivity contribution in [2.24, 2.45) is 0 Å². The van der Waals surface area contributed by atoms with Gasteiger partial charge in [-0.15, -0.1) is 0 Å². The average Bonchev–Trinajstić information content (AvgIpc) is 3.17. The quantitative estimate of drug-likeness (QED) is 0.448. The van der Waals surface area contributed by atoms with Crippen molar-refractivity contribution in [3.8, 4) is 11.3 Å². The summed E-state index contributed by atoms with van der Waals surface area (Å²) in [7, 11) is 0. The number of hydrogen-bond acceptors (Lipinski definition) is 4. The van der Waals surface area contributed by atoms with Crippen LogP contribution in [0.15, 0.2) is 42.9 Å². The van der Waals surface area contributed by atoms with Crippen LogP contribution in [0.4, 0.5) is 8.78 Å². The largest absolute Gasteiger partial charge is 0.335 e. The first kappa shape index (κ1) is 19.8. The Morgan fingerprint density at radius 1 is 1.17 bits per heavy atom. The number of H-pyrrole nitrogens is 1. The number of halogens is 2. The highest BCUT2D eigenvalue weighted by atomic mass is 19.1. The van der Waals surface area contributed by atoms with Crippen molar-refractivity contribution in [2.75, 3.05) is 0 Å². The van der Waals surface area contributed by atoms with Crippen molar-refractivity contribution in [1.29, 1.82) is 0 Å². The number of rotatable bonds is 6.